The number of carboxylic acids is 1. The molecule has 1 atom stereocenters. The van der Waals surface area contributed by atoms with Crippen molar-refractivity contribution >= 4 is 17.6 Å². The maximum Gasteiger partial charge on any atom is 0.305 e. The average Bonchev–Trinajstić information content (AvgIpc) is 2.84. The third-order valence-electron chi connectivity index (χ3n) is 3.33. The highest BCUT2D eigenvalue weighted by atomic mass is 35.5. The smallest absolute Gasteiger partial charge is 0.305 e. The molecule has 0 amide bonds. The second-order valence-corrected chi connectivity index (χ2v) is 5.75. The monoisotopic (exact) mass is 308 g/mol. The van der Waals surface area contributed by atoms with E-state index in [4.69, 9.17) is 16.7 Å². The molecule has 6 nitrogen and oxygen atoms in total. The van der Waals surface area contributed by atoms with Gasteiger partial charge in [-0.3, -0.25) is 4.79 Å². The van der Waals surface area contributed by atoms with Crippen LogP contribution in [0, 0.1) is 12.8 Å². The number of hydrogen-bond donors (Lipinski definition) is 1. The summed E-state index contributed by atoms with van der Waals surface area (Å²) in [5.41, 5.74) is 1.73. The van der Waals surface area contributed by atoms with E-state index in [0.717, 1.165) is 5.56 Å². The lowest BCUT2D eigenvalue weighted by molar-refractivity contribution is -0.138. The molecule has 2 aromatic rings. The van der Waals surface area contributed by atoms with Gasteiger partial charge in [-0.2, -0.15) is 0 Å². The quantitative estimate of drug-likeness (QED) is 0.918. The Hall–Kier alpha value is -1.95. The van der Waals surface area contributed by atoms with Crippen LogP contribution in [0.25, 0.3) is 11.4 Å². The molecule has 1 unspecified atom stereocenters. The Morgan fingerprint density at radius 2 is 2.14 bits per heavy atom. The lowest BCUT2D eigenvalue weighted by Gasteiger charge is -2.20. The highest BCUT2D eigenvalue weighted by molar-refractivity contribution is 6.33. The molecule has 21 heavy (non-hydrogen) atoms. The average molecular weight is 309 g/mol. The number of hydrogen-bond acceptors (Lipinski definition) is 4. The van der Waals surface area contributed by atoms with E-state index in [9.17, 15) is 4.79 Å². The molecule has 0 saturated carbocycles. The number of tetrazole rings is 1. The summed E-state index contributed by atoms with van der Waals surface area (Å²) in [6, 6.07) is 5.27. The van der Waals surface area contributed by atoms with Crippen molar-refractivity contribution in [1.82, 2.24) is 20.2 Å². The van der Waals surface area contributed by atoms with Gasteiger partial charge in [0.1, 0.15) is 0 Å². The SMILES string of the molecule is Cc1ccc(-c2nnnn2C(CC(=O)O)C(C)C)c(Cl)c1. The first kappa shape index (κ1) is 15.4. The Morgan fingerprint density at radius 3 is 2.71 bits per heavy atom. The van der Waals surface area contributed by atoms with Crippen LogP contribution in [0.5, 0.6) is 0 Å². The summed E-state index contributed by atoms with van der Waals surface area (Å²) < 4.78 is 1.55. The van der Waals surface area contributed by atoms with Crippen LogP contribution in [-0.4, -0.2) is 31.3 Å². The number of halogens is 1. The van der Waals surface area contributed by atoms with Gasteiger partial charge in [-0.05, 0) is 41.0 Å². The first-order valence-corrected chi connectivity index (χ1v) is 7.04. The van der Waals surface area contributed by atoms with Crippen molar-refractivity contribution in [2.45, 2.75) is 33.2 Å². The first-order chi connectivity index (χ1) is 9.90. The third kappa shape index (κ3) is 3.39. The molecule has 0 saturated heterocycles. The van der Waals surface area contributed by atoms with Gasteiger partial charge in [-0.1, -0.05) is 31.5 Å². The zero-order valence-electron chi connectivity index (χ0n) is 12.1. The number of aromatic nitrogens is 4. The van der Waals surface area contributed by atoms with Crippen molar-refractivity contribution in [1.29, 1.82) is 0 Å². The van der Waals surface area contributed by atoms with Crippen LogP contribution in [0.3, 0.4) is 0 Å². The lowest BCUT2D eigenvalue weighted by atomic mass is 10.0. The van der Waals surface area contributed by atoms with Crippen molar-refractivity contribution in [2.75, 3.05) is 0 Å². The maximum absolute atomic E-state index is 11.1. The summed E-state index contributed by atoms with van der Waals surface area (Å²) in [5.74, 6) is -0.322. The number of nitrogens with zero attached hydrogens (tertiary/aromatic N) is 4. The fourth-order valence-electron chi connectivity index (χ4n) is 2.18. The summed E-state index contributed by atoms with van der Waals surface area (Å²) in [7, 11) is 0. The first-order valence-electron chi connectivity index (χ1n) is 6.66. The fraction of sp³-hybridized carbons (Fsp3) is 0.429. The molecule has 0 radical (unpaired) electrons. The largest absolute Gasteiger partial charge is 0.481 e. The Labute approximate surface area is 127 Å². The number of aryl methyl sites for hydroxylation is 1. The number of benzene rings is 1. The van der Waals surface area contributed by atoms with Gasteiger partial charge in [0, 0.05) is 5.56 Å². The molecule has 112 valence electrons. The van der Waals surface area contributed by atoms with Gasteiger partial charge in [-0.15, -0.1) is 5.10 Å². The van der Waals surface area contributed by atoms with Gasteiger partial charge in [0.2, 0.25) is 0 Å². The predicted octanol–water partition coefficient (Wildman–Crippen LogP) is 2.97. The molecule has 1 aromatic carbocycles. The van der Waals surface area contributed by atoms with Gasteiger partial charge < -0.3 is 5.11 Å². The van der Waals surface area contributed by atoms with E-state index >= 15 is 0 Å². The zero-order chi connectivity index (χ0) is 15.6. The minimum absolute atomic E-state index is 0.0425. The summed E-state index contributed by atoms with van der Waals surface area (Å²) in [5, 5.41) is 21.3. The topological polar surface area (TPSA) is 80.9 Å². The van der Waals surface area contributed by atoms with Gasteiger partial charge >= 0.3 is 5.97 Å². The zero-order valence-corrected chi connectivity index (χ0v) is 12.9. The van der Waals surface area contributed by atoms with Crippen LogP contribution in [0.15, 0.2) is 18.2 Å². The fourth-order valence-corrected chi connectivity index (χ4v) is 2.50. The Bertz CT molecular complexity index is 654. The van der Waals surface area contributed by atoms with Crippen LogP contribution in [-0.2, 0) is 4.79 Å². The van der Waals surface area contributed by atoms with E-state index in [2.05, 4.69) is 15.5 Å². The number of aliphatic carboxylic acids is 1. The normalized spacial score (nSPS) is 12.6. The second-order valence-electron chi connectivity index (χ2n) is 5.34. The molecule has 2 rings (SSSR count). The molecule has 0 fully saturated rings. The van der Waals surface area contributed by atoms with Gasteiger partial charge in [0.25, 0.3) is 0 Å². The van der Waals surface area contributed by atoms with Crippen LogP contribution in [0.4, 0.5) is 0 Å². The molecule has 1 heterocycles. The Morgan fingerprint density at radius 1 is 1.43 bits per heavy atom. The van der Waals surface area contributed by atoms with E-state index in [0.29, 0.717) is 16.4 Å². The lowest BCUT2D eigenvalue weighted by Crippen LogP contribution is -2.21. The molecule has 0 aliphatic heterocycles. The number of rotatable bonds is 5. The van der Waals surface area contributed by atoms with Crippen molar-refractivity contribution in [2.24, 2.45) is 5.92 Å². The molecule has 0 bridgehead atoms. The van der Waals surface area contributed by atoms with Crippen LogP contribution < -0.4 is 0 Å². The molecule has 0 aliphatic rings. The summed E-state index contributed by atoms with van der Waals surface area (Å²) >= 11 is 6.26. The molecule has 1 N–H and O–H groups in total. The van der Waals surface area contributed by atoms with E-state index in [1.165, 1.54) is 0 Å². The summed E-state index contributed by atoms with van der Waals surface area (Å²) in [6.45, 7) is 5.83. The van der Waals surface area contributed by atoms with Gasteiger partial charge in [0.15, 0.2) is 5.82 Å². The van der Waals surface area contributed by atoms with Crippen LogP contribution >= 0.6 is 11.6 Å². The minimum Gasteiger partial charge on any atom is -0.481 e. The molecule has 1 aromatic heterocycles. The Balaban J connectivity index is 2.48. The van der Waals surface area contributed by atoms with E-state index in [1.807, 2.05) is 39.0 Å². The summed E-state index contributed by atoms with van der Waals surface area (Å²) in [4.78, 5) is 11.1. The number of carboxylic acid groups (broad SMARTS) is 1. The maximum atomic E-state index is 11.1. The van der Waals surface area contributed by atoms with E-state index in [1.54, 1.807) is 4.68 Å². The molecular formula is C14H17ClN4O2. The van der Waals surface area contributed by atoms with Crippen molar-refractivity contribution in [3.8, 4) is 11.4 Å². The molecule has 7 heteroatoms. The highest BCUT2D eigenvalue weighted by Gasteiger charge is 2.25. The standard InChI is InChI=1S/C14H17ClN4O2/c1-8(2)12(7-13(20)21)19-14(16-17-18-19)10-5-4-9(3)6-11(10)15/h4-6,8,12H,7H2,1-3H3,(H,20,21). The highest BCUT2D eigenvalue weighted by Crippen LogP contribution is 2.31. The minimum atomic E-state index is -0.884. The third-order valence-corrected chi connectivity index (χ3v) is 3.64. The van der Waals surface area contributed by atoms with E-state index < -0.39 is 5.97 Å². The second kappa shape index (κ2) is 6.22. The molecule has 0 spiro atoms. The van der Waals surface area contributed by atoms with Crippen LogP contribution in [0.2, 0.25) is 5.02 Å². The van der Waals surface area contributed by atoms with Crippen molar-refractivity contribution in [3.63, 3.8) is 0 Å². The van der Waals surface area contributed by atoms with E-state index in [-0.39, 0.29) is 18.4 Å². The van der Waals surface area contributed by atoms with Crippen molar-refractivity contribution in [3.05, 3.63) is 28.8 Å². The number of carbonyl (C=O) groups is 1. The molecular weight excluding hydrogens is 292 g/mol. The van der Waals surface area contributed by atoms with Gasteiger partial charge in [0.05, 0.1) is 17.5 Å². The van der Waals surface area contributed by atoms with Gasteiger partial charge in [-0.25, -0.2) is 4.68 Å². The van der Waals surface area contributed by atoms with Crippen molar-refractivity contribution < 1.29 is 9.90 Å². The Kier molecular flexibility index (Phi) is 4.57. The predicted molar refractivity (Wildman–Crippen MR) is 79.1 cm³/mol. The molecule has 0 aliphatic carbocycles. The van der Waals surface area contributed by atoms with Crippen LogP contribution in [0.1, 0.15) is 31.9 Å². The summed E-state index contributed by atoms with van der Waals surface area (Å²) in [6.07, 6.45) is -0.0425.